The fraction of sp³-hybridized carbons (Fsp3) is 0.0714. The normalized spacial score (nSPS) is 17.0. The molecule has 0 bridgehead atoms. The third kappa shape index (κ3) is 4.26. The summed E-state index contributed by atoms with van der Waals surface area (Å²) in [4.78, 5) is 0. The highest BCUT2D eigenvalue weighted by Gasteiger charge is 2.39. The molecule has 0 saturated carbocycles. The molecule has 0 amide bonds. The Bertz CT molecular complexity index is 1360. The Balaban J connectivity index is 1.67. The van der Waals surface area contributed by atoms with Gasteiger partial charge in [0.2, 0.25) is 0 Å². The second-order valence-electron chi connectivity index (χ2n) is 8.22. The molecule has 4 aromatic carbocycles. The van der Waals surface area contributed by atoms with Gasteiger partial charge in [-0.1, -0.05) is 48.0 Å². The van der Waals surface area contributed by atoms with Crippen LogP contribution in [0.1, 0.15) is 39.8 Å². The molecule has 1 heterocycles. The molecule has 0 aromatic heterocycles. The number of fused-ring (bicyclic) bond motifs is 1. The average Bonchev–Trinajstić information content (AvgIpc) is 3.17. The molecule has 170 valence electrons. The Morgan fingerprint density at radius 3 is 1.97 bits per heavy atom. The van der Waals surface area contributed by atoms with Crippen LogP contribution in [-0.4, -0.2) is 20.4 Å². The number of rotatable bonds is 4. The van der Waals surface area contributed by atoms with Gasteiger partial charge in [0.1, 0.15) is 34.9 Å². The highest BCUT2D eigenvalue weighted by Crippen LogP contribution is 2.53. The second kappa shape index (κ2) is 8.69. The molecule has 1 aliphatic rings. The van der Waals surface area contributed by atoms with Gasteiger partial charge in [-0.3, -0.25) is 0 Å². The van der Waals surface area contributed by atoms with Gasteiger partial charge in [0.05, 0.1) is 5.92 Å². The van der Waals surface area contributed by atoms with E-state index >= 15 is 0 Å². The van der Waals surface area contributed by atoms with E-state index in [2.05, 4.69) is 0 Å². The van der Waals surface area contributed by atoms with Crippen LogP contribution in [0.3, 0.4) is 0 Å². The standard InChI is InChI=1S/C28H21ClO5/c29-20-7-2-16(3-8-20)1-4-18-11-24(33)15-25-26(18)27(19-12-22(31)14-23(32)13-19)28(34-25)17-5-9-21(30)10-6-17/h1-15,27-28,30-33H/b4-1+/t27-,28+/m1/s1. The molecular formula is C28H21ClO5. The second-order valence-corrected chi connectivity index (χ2v) is 8.66. The van der Waals surface area contributed by atoms with Crippen LogP contribution in [0.4, 0.5) is 0 Å². The molecule has 0 aliphatic carbocycles. The number of phenolic OH excluding ortho intramolecular Hbond substituents is 4. The third-order valence-corrected chi connectivity index (χ3v) is 6.11. The van der Waals surface area contributed by atoms with E-state index in [-0.39, 0.29) is 23.0 Å². The summed E-state index contributed by atoms with van der Waals surface area (Å²) in [5.74, 6) is 0.160. The minimum Gasteiger partial charge on any atom is -0.508 e. The van der Waals surface area contributed by atoms with E-state index < -0.39 is 12.0 Å². The van der Waals surface area contributed by atoms with Crippen LogP contribution in [0.2, 0.25) is 5.02 Å². The van der Waals surface area contributed by atoms with E-state index in [9.17, 15) is 20.4 Å². The van der Waals surface area contributed by atoms with E-state index in [1.165, 1.54) is 6.07 Å². The van der Waals surface area contributed by atoms with Crippen LogP contribution in [0.5, 0.6) is 28.7 Å². The van der Waals surface area contributed by atoms with Crippen molar-refractivity contribution in [1.82, 2.24) is 0 Å². The number of phenols is 4. The zero-order valence-electron chi connectivity index (χ0n) is 17.9. The lowest BCUT2D eigenvalue weighted by molar-refractivity contribution is 0.221. The molecule has 5 nitrogen and oxygen atoms in total. The largest absolute Gasteiger partial charge is 0.508 e. The molecule has 4 N–H and O–H groups in total. The number of hydrogen-bond acceptors (Lipinski definition) is 5. The van der Waals surface area contributed by atoms with Crippen molar-refractivity contribution in [2.45, 2.75) is 12.0 Å². The molecule has 0 unspecified atom stereocenters. The van der Waals surface area contributed by atoms with Gasteiger partial charge in [0, 0.05) is 22.7 Å². The van der Waals surface area contributed by atoms with E-state index in [4.69, 9.17) is 16.3 Å². The fourth-order valence-corrected chi connectivity index (χ4v) is 4.51. The lowest BCUT2D eigenvalue weighted by Gasteiger charge is -2.21. The summed E-state index contributed by atoms with van der Waals surface area (Å²) in [6, 6.07) is 21.8. The molecule has 6 heteroatoms. The van der Waals surface area contributed by atoms with Crippen molar-refractivity contribution in [3.63, 3.8) is 0 Å². The van der Waals surface area contributed by atoms with Gasteiger partial charge in [0.25, 0.3) is 0 Å². The van der Waals surface area contributed by atoms with Crippen molar-refractivity contribution in [1.29, 1.82) is 0 Å². The molecule has 0 saturated heterocycles. The third-order valence-electron chi connectivity index (χ3n) is 5.86. The lowest BCUT2D eigenvalue weighted by atomic mass is 9.82. The molecular weight excluding hydrogens is 452 g/mol. The van der Waals surface area contributed by atoms with Gasteiger partial charge in [0.15, 0.2) is 0 Å². The predicted octanol–water partition coefficient (Wildman–Crippen LogP) is 6.60. The van der Waals surface area contributed by atoms with Crippen LogP contribution in [0, 0.1) is 0 Å². The van der Waals surface area contributed by atoms with Crippen LogP contribution in [-0.2, 0) is 0 Å². The molecule has 4 aromatic rings. The summed E-state index contributed by atoms with van der Waals surface area (Å²) in [6.45, 7) is 0. The molecule has 0 fully saturated rings. The topological polar surface area (TPSA) is 90.2 Å². The number of hydrogen-bond donors (Lipinski definition) is 4. The quantitative estimate of drug-likeness (QED) is 0.251. The number of ether oxygens (including phenoxy) is 1. The predicted molar refractivity (Wildman–Crippen MR) is 132 cm³/mol. The number of halogens is 1. The number of aromatic hydroxyl groups is 4. The molecule has 0 spiro atoms. The van der Waals surface area contributed by atoms with Crippen molar-refractivity contribution in [3.8, 4) is 28.7 Å². The van der Waals surface area contributed by atoms with Gasteiger partial charge in [-0.2, -0.15) is 0 Å². The first-order valence-corrected chi connectivity index (χ1v) is 11.0. The minimum absolute atomic E-state index is 0.0540. The lowest BCUT2D eigenvalue weighted by Crippen LogP contribution is -2.11. The SMILES string of the molecule is Oc1ccc([C@@H]2Oc3cc(O)cc(/C=C/c4ccc(Cl)cc4)c3[C@H]2c2cc(O)cc(O)c2)cc1. The summed E-state index contributed by atoms with van der Waals surface area (Å²) >= 11 is 5.99. The molecule has 5 rings (SSSR count). The van der Waals surface area contributed by atoms with E-state index in [0.717, 1.165) is 22.3 Å². The Hall–Kier alpha value is -4.09. The summed E-state index contributed by atoms with van der Waals surface area (Å²) in [7, 11) is 0. The van der Waals surface area contributed by atoms with Gasteiger partial charge >= 0.3 is 0 Å². The van der Waals surface area contributed by atoms with Crippen LogP contribution < -0.4 is 4.74 Å². The zero-order valence-corrected chi connectivity index (χ0v) is 18.6. The van der Waals surface area contributed by atoms with Gasteiger partial charge in [-0.15, -0.1) is 0 Å². The Labute approximate surface area is 201 Å². The Kier molecular flexibility index (Phi) is 5.56. The van der Waals surface area contributed by atoms with Crippen molar-refractivity contribution < 1.29 is 25.2 Å². The minimum atomic E-state index is -0.513. The summed E-state index contributed by atoms with van der Waals surface area (Å²) in [6.07, 6.45) is 3.29. The zero-order chi connectivity index (χ0) is 23.8. The highest BCUT2D eigenvalue weighted by atomic mass is 35.5. The van der Waals surface area contributed by atoms with Crippen LogP contribution in [0.25, 0.3) is 12.2 Å². The van der Waals surface area contributed by atoms with Crippen molar-refractivity contribution in [2.75, 3.05) is 0 Å². The fourth-order valence-electron chi connectivity index (χ4n) is 4.38. The van der Waals surface area contributed by atoms with Crippen LogP contribution in [0.15, 0.2) is 78.9 Å². The van der Waals surface area contributed by atoms with E-state index in [1.807, 2.05) is 24.3 Å². The van der Waals surface area contributed by atoms with E-state index in [1.54, 1.807) is 60.7 Å². The smallest absolute Gasteiger partial charge is 0.135 e. The van der Waals surface area contributed by atoms with Crippen molar-refractivity contribution in [3.05, 3.63) is 112 Å². The van der Waals surface area contributed by atoms with E-state index in [0.29, 0.717) is 16.3 Å². The maximum absolute atomic E-state index is 10.4. The maximum Gasteiger partial charge on any atom is 0.135 e. The molecule has 1 aliphatic heterocycles. The summed E-state index contributed by atoms with van der Waals surface area (Å²) in [5.41, 5.74) is 3.93. The van der Waals surface area contributed by atoms with Gasteiger partial charge < -0.3 is 25.2 Å². The number of benzene rings is 4. The van der Waals surface area contributed by atoms with Gasteiger partial charge in [-0.05, 0) is 64.7 Å². The van der Waals surface area contributed by atoms with Gasteiger partial charge in [-0.25, -0.2) is 0 Å². The summed E-state index contributed by atoms with van der Waals surface area (Å²) < 4.78 is 6.31. The summed E-state index contributed by atoms with van der Waals surface area (Å²) in [5, 5.41) is 41.2. The first-order valence-electron chi connectivity index (χ1n) is 10.7. The average molecular weight is 473 g/mol. The first kappa shape index (κ1) is 21.7. The highest BCUT2D eigenvalue weighted by molar-refractivity contribution is 6.30. The Morgan fingerprint density at radius 2 is 1.29 bits per heavy atom. The maximum atomic E-state index is 10.4. The first-order chi connectivity index (χ1) is 16.4. The monoisotopic (exact) mass is 472 g/mol. The van der Waals surface area contributed by atoms with Crippen LogP contribution >= 0.6 is 11.6 Å². The van der Waals surface area contributed by atoms with Crippen molar-refractivity contribution >= 4 is 23.8 Å². The molecule has 2 atom stereocenters. The van der Waals surface area contributed by atoms with Crippen molar-refractivity contribution in [2.24, 2.45) is 0 Å². The molecule has 0 radical (unpaired) electrons. The Morgan fingerprint density at radius 1 is 0.647 bits per heavy atom. The molecule has 34 heavy (non-hydrogen) atoms.